The molecule has 0 aromatic heterocycles. The fraction of sp³-hybridized carbons (Fsp3) is 0.941. The van der Waals surface area contributed by atoms with Gasteiger partial charge in [-0.3, -0.25) is 4.90 Å². The summed E-state index contributed by atoms with van der Waals surface area (Å²) in [5, 5.41) is 12.7. The molecule has 1 saturated carbocycles. The molecule has 0 radical (unpaired) electrons. The minimum Gasteiger partial charge on any atom is -0.411 e. The quantitative estimate of drug-likeness (QED) is 0.627. The zero-order valence-electron chi connectivity index (χ0n) is 13.4. The highest BCUT2D eigenvalue weighted by Gasteiger charge is 2.41. The predicted molar refractivity (Wildman–Crippen MR) is 84.0 cm³/mol. The molecule has 3 aliphatic rings. The Hall–Kier alpha value is -0.610. The summed E-state index contributed by atoms with van der Waals surface area (Å²) in [5.41, 5.74) is 1.20. The van der Waals surface area contributed by atoms with E-state index in [1.807, 2.05) is 0 Å². The van der Waals surface area contributed by atoms with E-state index < -0.39 is 0 Å². The van der Waals surface area contributed by atoms with Gasteiger partial charge in [-0.2, -0.15) is 0 Å². The van der Waals surface area contributed by atoms with Crippen LogP contribution in [-0.4, -0.2) is 47.2 Å². The van der Waals surface area contributed by atoms with Gasteiger partial charge in [0, 0.05) is 38.1 Å². The number of likely N-dealkylation sites (tertiary alicyclic amines) is 1. The number of piperidine rings is 1. The molecule has 0 bridgehead atoms. The summed E-state index contributed by atoms with van der Waals surface area (Å²) in [6.07, 6.45) is 11.0. The van der Waals surface area contributed by atoms with Gasteiger partial charge in [0.05, 0.1) is 11.3 Å². The van der Waals surface area contributed by atoms with Crippen LogP contribution in [-0.2, 0) is 4.74 Å². The molecular formula is C17H30N2O2. The molecule has 0 amide bonds. The second-order valence-electron chi connectivity index (χ2n) is 7.18. The number of hydrogen-bond donors (Lipinski definition) is 1. The van der Waals surface area contributed by atoms with E-state index in [9.17, 15) is 0 Å². The molecule has 0 aromatic rings. The van der Waals surface area contributed by atoms with E-state index in [4.69, 9.17) is 9.94 Å². The molecule has 2 saturated heterocycles. The minimum absolute atomic E-state index is 0.189. The van der Waals surface area contributed by atoms with Crippen molar-refractivity contribution < 1.29 is 9.94 Å². The van der Waals surface area contributed by atoms with Crippen LogP contribution in [0.2, 0.25) is 0 Å². The SMILES string of the molecule is CCC1CN(C2CCOC3(CCCCC3)C2)CCC1=NO. The third-order valence-electron chi connectivity index (χ3n) is 5.95. The summed E-state index contributed by atoms with van der Waals surface area (Å²) in [7, 11) is 0. The van der Waals surface area contributed by atoms with E-state index in [0.29, 0.717) is 12.0 Å². The van der Waals surface area contributed by atoms with Crippen molar-refractivity contribution in [1.29, 1.82) is 0 Å². The van der Waals surface area contributed by atoms with Crippen LogP contribution in [0.15, 0.2) is 5.16 Å². The lowest BCUT2D eigenvalue weighted by Gasteiger charge is -2.48. The lowest BCUT2D eigenvalue weighted by Crippen LogP contribution is -2.53. The Bertz CT molecular complexity index is 371. The molecule has 21 heavy (non-hydrogen) atoms. The second-order valence-corrected chi connectivity index (χ2v) is 7.18. The minimum atomic E-state index is 0.189. The Morgan fingerprint density at radius 3 is 2.86 bits per heavy atom. The van der Waals surface area contributed by atoms with Crippen molar-refractivity contribution in [2.45, 2.75) is 76.4 Å². The normalized spacial score (nSPS) is 36.1. The molecule has 2 heterocycles. The third-order valence-corrected chi connectivity index (χ3v) is 5.95. The Labute approximate surface area is 128 Å². The molecule has 3 rings (SSSR count). The first-order chi connectivity index (χ1) is 10.3. The fourth-order valence-corrected chi connectivity index (χ4v) is 4.63. The van der Waals surface area contributed by atoms with E-state index in [0.717, 1.165) is 38.2 Å². The van der Waals surface area contributed by atoms with Crippen LogP contribution in [0.4, 0.5) is 0 Å². The van der Waals surface area contributed by atoms with Gasteiger partial charge in [0.2, 0.25) is 0 Å². The summed E-state index contributed by atoms with van der Waals surface area (Å²) in [4.78, 5) is 2.65. The third kappa shape index (κ3) is 3.26. The molecule has 4 nitrogen and oxygen atoms in total. The number of hydrogen-bond acceptors (Lipinski definition) is 4. The van der Waals surface area contributed by atoms with Crippen LogP contribution in [0.1, 0.15) is 64.7 Å². The van der Waals surface area contributed by atoms with Gasteiger partial charge in [-0.25, -0.2) is 0 Å². The highest BCUT2D eigenvalue weighted by atomic mass is 16.5. The molecule has 2 unspecified atom stereocenters. The lowest BCUT2D eigenvalue weighted by molar-refractivity contribution is -0.125. The molecule has 1 N–H and O–H groups in total. The Morgan fingerprint density at radius 1 is 1.33 bits per heavy atom. The van der Waals surface area contributed by atoms with Crippen molar-refractivity contribution >= 4 is 5.71 Å². The second kappa shape index (κ2) is 6.66. The topological polar surface area (TPSA) is 45.1 Å². The van der Waals surface area contributed by atoms with E-state index in [-0.39, 0.29) is 5.60 Å². The fourth-order valence-electron chi connectivity index (χ4n) is 4.63. The molecule has 2 atom stereocenters. The molecule has 120 valence electrons. The maximum atomic E-state index is 9.14. The first-order valence-electron chi connectivity index (χ1n) is 8.85. The zero-order valence-corrected chi connectivity index (χ0v) is 13.4. The van der Waals surface area contributed by atoms with Crippen LogP contribution in [0.3, 0.4) is 0 Å². The van der Waals surface area contributed by atoms with E-state index in [1.165, 1.54) is 44.9 Å². The molecular weight excluding hydrogens is 264 g/mol. The number of ether oxygens (including phenoxy) is 1. The van der Waals surface area contributed by atoms with E-state index >= 15 is 0 Å². The van der Waals surface area contributed by atoms with Crippen LogP contribution in [0, 0.1) is 5.92 Å². The molecule has 1 aliphatic carbocycles. The average molecular weight is 294 g/mol. The van der Waals surface area contributed by atoms with Gasteiger partial charge in [0.25, 0.3) is 0 Å². The van der Waals surface area contributed by atoms with Gasteiger partial charge in [-0.15, -0.1) is 0 Å². The van der Waals surface area contributed by atoms with Gasteiger partial charge in [-0.1, -0.05) is 31.3 Å². The standard InChI is InChI=1S/C17H30N2O2/c1-2-14-13-19(10-6-16(14)18-20)15-7-11-21-17(12-15)8-4-3-5-9-17/h14-15,20H,2-13H2,1H3. The zero-order chi connectivity index (χ0) is 14.7. The van der Waals surface area contributed by atoms with Crippen molar-refractivity contribution in [3.8, 4) is 0 Å². The summed E-state index contributed by atoms with van der Waals surface area (Å²) in [6.45, 7) is 5.25. The van der Waals surface area contributed by atoms with Gasteiger partial charge in [0.15, 0.2) is 0 Å². The number of rotatable bonds is 2. The number of oxime groups is 1. The Kier molecular flexibility index (Phi) is 4.85. The van der Waals surface area contributed by atoms with Crippen molar-refractivity contribution in [3.05, 3.63) is 0 Å². The van der Waals surface area contributed by atoms with Gasteiger partial charge in [-0.05, 0) is 32.1 Å². The van der Waals surface area contributed by atoms with Crippen LogP contribution >= 0.6 is 0 Å². The maximum absolute atomic E-state index is 9.14. The van der Waals surface area contributed by atoms with Crippen LogP contribution in [0.25, 0.3) is 0 Å². The van der Waals surface area contributed by atoms with Crippen LogP contribution in [0.5, 0.6) is 0 Å². The number of nitrogens with zero attached hydrogens (tertiary/aromatic N) is 2. The van der Waals surface area contributed by atoms with Gasteiger partial charge in [0.1, 0.15) is 0 Å². The van der Waals surface area contributed by atoms with Crippen molar-refractivity contribution in [2.24, 2.45) is 11.1 Å². The Morgan fingerprint density at radius 2 is 2.14 bits per heavy atom. The van der Waals surface area contributed by atoms with E-state index in [2.05, 4.69) is 17.0 Å². The molecule has 3 fully saturated rings. The monoisotopic (exact) mass is 294 g/mol. The maximum Gasteiger partial charge on any atom is 0.0697 e. The van der Waals surface area contributed by atoms with Crippen LogP contribution < -0.4 is 0 Å². The van der Waals surface area contributed by atoms with Crippen molar-refractivity contribution in [3.63, 3.8) is 0 Å². The van der Waals surface area contributed by atoms with Gasteiger partial charge < -0.3 is 9.94 Å². The average Bonchev–Trinajstić information content (AvgIpc) is 2.55. The molecule has 2 aliphatic heterocycles. The highest BCUT2D eigenvalue weighted by molar-refractivity contribution is 5.87. The summed E-state index contributed by atoms with van der Waals surface area (Å²) < 4.78 is 6.23. The molecule has 1 spiro atoms. The predicted octanol–water partition coefficient (Wildman–Crippen LogP) is 3.43. The summed E-state index contributed by atoms with van der Waals surface area (Å²) >= 11 is 0. The summed E-state index contributed by atoms with van der Waals surface area (Å²) in [6, 6.07) is 0.672. The highest BCUT2D eigenvalue weighted by Crippen LogP contribution is 2.40. The lowest BCUT2D eigenvalue weighted by atomic mass is 9.77. The van der Waals surface area contributed by atoms with Crippen molar-refractivity contribution in [2.75, 3.05) is 19.7 Å². The summed E-state index contributed by atoms with van der Waals surface area (Å²) in [5.74, 6) is 0.439. The smallest absolute Gasteiger partial charge is 0.0697 e. The Balaban J connectivity index is 1.63. The van der Waals surface area contributed by atoms with Gasteiger partial charge >= 0.3 is 0 Å². The van der Waals surface area contributed by atoms with Crippen molar-refractivity contribution in [1.82, 2.24) is 4.90 Å². The first kappa shape index (κ1) is 15.3. The van der Waals surface area contributed by atoms with E-state index in [1.54, 1.807) is 0 Å². The molecule has 4 heteroatoms. The first-order valence-corrected chi connectivity index (χ1v) is 8.85. The molecule has 0 aromatic carbocycles. The largest absolute Gasteiger partial charge is 0.411 e.